The lowest BCUT2D eigenvalue weighted by molar-refractivity contribution is -0.137. The molecule has 2 fully saturated rings. The Labute approximate surface area is 213 Å². The number of anilines is 2. The topological polar surface area (TPSA) is 102 Å². The molecule has 37 heavy (non-hydrogen) atoms. The predicted molar refractivity (Wildman–Crippen MR) is 132 cm³/mol. The molecule has 2 aromatic rings. The summed E-state index contributed by atoms with van der Waals surface area (Å²) in [6, 6.07) is 8.05. The fourth-order valence-electron chi connectivity index (χ4n) is 4.39. The van der Waals surface area contributed by atoms with E-state index in [4.69, 9.17) is 0 Å². The Morgan fingerprint density at radius 2 is 1.41 bits per heavy atom. The maximum absolute atomic E-state index is 13.3. The molecular weight excluding hydrogens is 511 g/mol. The van der Waals surface area contributed by atoms with E-state index in [0.717, 1.165) is 37.4 Å². The third-order valence-electron chi connectivity index (χ3n) is 6.49. The number of carbonyl (C=O) groups is 2. The van der Waals surface area contributed by atoms with Crippen LogP contribution in [0.3, 0.4) is 0 Å². The van der Waals surface area contributed by atoms with Crippen LogP contribution >= 0.6 is 0 Å². The molecule has 0 saturated carbocycles. The van der Waals surface area contributed by atoms with Gasteiger partial charge in [0.25, 0.3) is 0 Å². The Bertz CT molecular complexity index is 1230. The summed E-state index contributed by atoms with van der Waals surface area (Å²) in [6.07, 6.45) is -3.42. The van der Waals surface area contributed by atoms with E-state index in [1.807, 2.05) is 7.05 Å². The number of hydrogen-bond acceptors (Lipinski definition) is 5. The minimum atomic E-state index is -4.48. The first kappa shape index (κ1) is 26.9. The number of nitrogens with one attached hydrogen (secondary N) is 2. The highest BCUT2D eigenvalue weighted by Crippen LogP contribution is 2.30. The smallest absolute Gasteiger partial charge is 0.339 e. The van der Waals surface area contributed by atoms with Crippen molar-refractivity contribution < 1.29 is 31.2 Å². The lowest BCUT2D eigenvalue weighted by atomic mass is 10.2. The van der Waals surface area contributed by atoms with Crippen molar-refractivity contribution in [3.8, 4) is 0 Å². The number of amides is 3. The number of urea groups is 1. The van der Waals surface area contributed by atoms with E-state index in [9.17, 15) is 31.2 Å². The van der Waals surface area contributed by atoms with Gasteiger partial charge in [-0.05, 0) is 68.4 Å². The third-order valence-corrected chi connectivity index (χ3v) is 8.41. The number of hydrogen-bond donors (Lipinski definition) is 2. The Morgan fingerprint density at radius 1 is 0.865 bits per heavy atom. The molecule has 2 aliphatic heterocycles. The molecule has 0 radical (unpaired) electrons. The summed E-state index contributed by atoms with van der Waals surface area (Å²) in [5.41, 5.74) is -0.384. The summed E-state index contributed by atoms with van der Waals surface area (Å²) in [5.74, 6) is -0.174. The predicted octanol–water partition coefficient (Wildman–Crippen LogP) is 3.28. The summed E-state index contributed by atoms with van der Waals surface area (Å²) in [5, 5.41) is 4.93. The van der Waals surface area contributed by atoms with Crippen LogP contribution in [0.15, 0.2) is 53.4 Å². The van der Waals surface area contributed by atoms with Gasteiger partial charge in [0.15, 0.2) is 0 Å². The number of nitrogens with zero attached hydrogens (tertiary/aromatic N) is 3. The van der Waals surface area contributed by atoms with E-state index in [-0.39, 0.29) is 28.7 Å². The zero-order valence-corrected chi connectivity index (χ0v) is 21.0. The van der Waals surface area contributed by atoms with Crippen molar-refractivity contribution in [1.29, 1.82) is 0 Å². The van der Waals surface area contributed by atoms with E-state index in [1.54, 1.807) is 4.90 Å². The zero-order chi connectivity index (χ0) is 26.8. The number of alkyl halides is 3. The second kappa shape index (κ2) is 10.7. The zero-order valence-electron chi connectivity index (χ0n) is 20.2. The first-order valence-electron chi connectivity index (χ1n) is 11.8. The fraction of sp³-hybridized carbons (Fsp3) is 0.417. The summed E-state index contributed by atoms with van der Waals surface area (Å²) >= 11 is 0. The molecule has 2 heterocycles. The standard InChI is InChI=1S/C24H28F3N5O4S/c1-30-13-15-31(16-14-30)22(33)21-3-2-12-32(21)37(35,36)20-10-8-19(9-11-20)29-23(34)28-18-6-4-17(5-7-18)24(25,26)27/h4-11,21H,2-3,12-16H2,1H3,(H2,28,29,34)/t21-/m1/s1. The highest BCUT2D eigenvalue weighted by Gasteiger charge is 2.41. The van der Waals surface area contributed by atoms with Crippen LogP contribution in [0, 0.1) is 0 Å². The molecule has 2 saturated heterocycles. The normalized spacial score (nSPS) is 19.6. The van der Waals surface area contributed by atoms with Gasteiger partial charge in [0.2, 0.25) is 15.9 Å². The summed E-state index contributed by atoms with van der Waals surface area (Å²) in [7, 11) is -1.96. The Balaban J connectivity index is 1.38. The summed E-state index contributed by atoms with van der Waals surface area (Å²) in [4.78, 5) is 29.1. The second-order valence-corrected chi connectivity index (χ2v) is 11.0. The van der Waals surface area contributed by atoms with E-state index in [0.29, 0.717) is 25.9 Å². The minimum Gasteiger partial charge on any atom is -0.339 e. The first-order valence-corrected chi connectivity index (χ1v) is 13.2. The van der Waals surface area contributed by atoms with Crippen molar-refractivity contribution in [2.45, 2.75) is 30.0 Å². The van der Waals surface area contributed by atoms with Crippen molar-refractivity contribution in [3.05, 3.63) is 54.1 Å². The van der Waals surface area contributed by atoms with Crippen molar-refractivity contribution in [1.82, 2.24) is 14.1 Å². The van der Waals surface area contributed by atoms with Crippen LogP contribution in [-0.2, 0) is 21.0 Å². The van der Waals surface area contributed by atoms with Crippen molar-refractivity contribution in [3.63, 3.8) is 0 Å². The lowest BCUT2D eigenvalue weighted by Gasteiger charge is -2.35. The average molecular weight is 540 g/mol. The van der Waals surface area contributed by atoms with Crippen molar-refractivity contribution >= 4 is 33.3 Å². The Kier molecular flexibility index (Phi) is 7.76. The second-order valence-electron chi connectivity index (χ2n) is 9.08. The SMILES string of the molecule is CN1CCN(C(=O)[C@H]2CCCN2S(=O)(=O)c2ccc(NC(=O)Nc3ccc(C(F)(F)F)cc3)cc2)CC1. The van der Waals surface area contributed by atoms with Gasteiger partial charge in [-0.15, -0.1) is 0 Å². The minimum absolute atomic E-state index is 0.000671. The lowest BCUT2D eigenvalue weighted by Crippen LogP contribution is -2.53. The average Bonchev–Trinajstić information content (AvgIpc) is 3.35. The van der Waals surface area contributed by atoms with Crippen LogP contribution in [-0.4, -0.2) is 80.3 Å². The molecule has 2 N–H and O–H groups in total. The third kappa shape index (κ3) is 6.22. The quantitative estimate of drug-likeness (QED) is 0.608. The highest BCUT2D eigenvalue weighted by molar-refractivity contribution is 7.89. The van der Waals surface area contributed by atoms with E-state index < -0.39 is 33.8 Å². The number of carbonyl (C=O) groups excluding carboxylic acids is 2. The maximum atomic E-state index is 13.3. The molecule has 0 bridgehead atoms. The number of benzene rings is 2. The van der Waals surface area contributed by atoms with Gasteiger partial charge in [-0.3, -0.25) is 4.79 Å². The Hall–Kier alpha value is -3.16. The van der Waals surface area contributed by atoms with Gasteiger partial charge in [0.05, 0.1) is 10.5 Å². The number of sulfonamides is 1. The molecule has 2 aliphatic rings. The number of rotatable bonds is 5. The molecular formula is C24H28F3N5O4S. The Morgan fingerprint density at radius 3 is 1.95 bits per heavy atom. The number of halogens is 3. The maximum Gasteiger partial charge on any atom is 0.416 e. The van der Waals surface area contributed by atoms with Crippen molar-refractivity contribution in [2.24, 2.45) is 0 Å². The molecule has 0 spiro atoms. The van der Waals surface area contributed by atoms with Gasteiger partial charge >= 0.3 is 12.2 Å². The van der Waals surface area contributed by atoms with Gasteiger partial charge < -0.3 is 20.4 Å². The molecule has 4 rings (SSSR count). The molecule has 0 aliphatic carbocycles. The first-order chi connectivity index (χ1) is 17.4. The molecule has 0 unspecified atom stereocenters. The van der Waals surface area contributed by atoms with Gasteiger partial charge in [-0.25, -0.2) is 13.2 Å². The molecule has 3 amide bonds. The van der Waals surface area contributed by atoms with Crippen molar-refractivity contribution in [2.75, 3.05) is 50.4 Å². The highest BCUT2D eigenvalue weighted by atomic mass is 32.2. The largest absolute Gasteiger partial charge is 0.416 e. The molecule has 1 atom stereocenters. The number of piperazine rings is 1. The van der Waals surface area contributed by atoms with E-state index >= 15 is 0 Å². The molecule has 13 heteroatoms. The molecule has 9 nitrogen and oxygen atoms in total. The molecule has 200 valence electrons. The summed E-state index contributed by atoms with van der Waals surface area (Å²) < 4.78 is 65.9. The van der Waals surface area contributed by atoms with Crippen LogP contribution < -0.4 is 10.6 Å². The number of likely N-dealkylation sites (N-methyl/N-ethyl adjacent to an activating group) is 1. The van der Waals surface area contributed by atoms with Crippen LogP contribution in [0.25, 0.3) is 0 Å². The van der Waals surface area contributed by atoms with Crippen LogP contribution in [0.4, 0.5) is 29.3 Å². The van der Waals surface area contributed by atoms with Gasteiger partial charge in [0.1, 0.15) is 6.04 Å². The van der Waals surface area contributed by atoms with Crippen LogP contribution in [0.5, 0.6) is 0 Å². The van der Waals surface area contributed by atoms with Gasteiger partial charge in [-0.1, -0.05) is 0 Å². The fourth-order valence-corrected chi connectivity index (χ4v) is 6.04. The van der Waals surface area contributed by atoms with Crippen LogP contribution in [0.1, 0.15) is 18.4 Å². The van der Waals surface area contributed by atoms with E-state index in [2.05, 4.69) is 15.5 Å². The van der Waals surface area contributed by atoms with Crippen LogP contribution in [0.2, 0.25) is 0 Å². The monoisotopic (exact) mass is 539 g/mol. The summed E-state index contributed by atoms with van der Waals surface area (Å²) in [6.45, 7) is 2.86. The molecule has 2 aromatic carbocycles. The van der Waals surface area contributed by atoms with E-state index in [1.165, 1.54) is 28.6 Å². The van der Waals surface area contributed by atoms with Gasteiger partial charge in [-0.2, -0.15) is 17.5 Å². The van der Waals surface area contributed by atoms with Gasteiger partial charge in [0, 0.05) is 44.1 Å². The molecule has 0 aromatic heterocycles.